The van der Waals surface area contributed by atoms with E-state index < -0.39 is 28.0 Å². The maximum Gasteiger partial charge on any atom is 0.119 e. The SMILES string of the molecule is CCCCC1(CCCC)CS(O)(O)c2ccc(N(C)C)cc2[C@H](c2ccc(OCc3ccc(C[N+]45CCN(CC4)CC5)cc3)cc2)[C@@H]1O. The molecule has 0 unspecified atom stereocenters. The van der Waals surface area contributed by atoms with Gasteiger partial charge in [-0.15, -0.1) is 0 Å². The number of fused-ring (bicyclic) bond motifs is 4. The summed E-state index contributed by atoms with van der Waals surface area (Å²) in [4.78, 5) is 5.20. The van der Waals surface area contributed by atoms with Crippen LogP contribution in [-0.2, 0) is 13.2 Å². The summed E-state index contributed by atoms with van der Waals surface area (Å²) in [6.45, 7) is 13.4. The molecule has 0 radical (unpaired) electrons. The number of rotatable bonds is 13. The van der Waals surface area contributed by atoms with Crippen molar-refractivity contribution in [1.82, 2.24) is 4.90 Å². The molecule has 3 saturated heterocycles. The lowest BCUT2D eigenvalue weighted by Gasteiger charge is -2.50. The first-order chi connectivity index (χ1) is 23.1. The second kappa shape index (κ2) is 14.7. The van der Waals surface area contributed by atoms with Gasteiger partial charge in [0.05, 0.1) is 36.4 Å². The van der Waals surface area contributed by atoms with E-state index in [9.17, 15) is 14.2 Å². The highest BCUT2D eigenvalue weighted by molar-refractivity contribution is 8.24. The number of aliphatic hydroxyl groups excluding tert-OH is 1. The van der Waals surface area contributed by atoms with Crippen molar-refractivity contribution in [2.24, 2.45) is 5.41 Å². The Morgan fingerprint density at radius 1 is 0.854 bits per heavy atom. The normalized spacial score (nSPS) is 26.4. The number of ether oxygens (including phenoxy) is 1. The summed E-state index contributed by atoms with van der Waals surface area (Å²) in [6, 6.07) is 23.0. The number of quaternary nitrogens is 1. The van der Waals surface area contributed by atoms with Crippen LogP contribution in [0.1, 0.15) is 80.5 Å². The number of aliphatic hydroxyl groups is 1. The van der Waals surface area contributed by atoms with E-state index in [1.54, 1.807) is 0 Å². The highest BCUT2D eigenvalue weighted by Crippen LogP contribution is 2.62. The summed E-state index contributed by atoms with van der Waals surface area (Å²) in [7, 11) is 0.853. The fourth-order valence-electron chi connectivity index (χ4n) is 8.46. The van der Waals surface area contributed by atoms with Gasteiger partial charge in [0, 0.05) is 56.3 Å². The summed E-state index contributed by atoms with van der Waals surface area (Å²) >= 11 is 0. The number of hydrogen-bond acceptors (Lipinski definition) is 6. The van der Waals surface area contributed by atoms with Gasteiger partial charge < -0.3 is 19.2 Å². The van der Waals surface area contributed by atoms with Gasteiger partial charge in [-0.2, -0.15) is 10.6 Å². The smallest absolute Gasteiger partial charge is 0.119 e. The Morgan fingerprint density at radius 2 is 1.46 bits per heavy atom. The van der Waals surface area contributed by atoms with Crippen LogP contribution in [0.2, 0.25) is 0 Å². The molecule has 0 aromatic heterocycles. The molecule has 8 heteroatoms. The molecule has 7 rings (SSSR count). The first kappa shape index (κ1) is 35.2. The molecule has 0 amide bonds. The van der Waals surface area contributed by atoms with Crippen LogP contribution in [0.25, 0.3) is 0 Å². The third-order valence-electron chi connectivity index (χ3n) is 11.5. The van der Waals surface area contributed by atoms with Crippen LogP contribution in [0.5, 0.6) is 5.75 Å². The van der Waals surface area contributed by atoms with Crippen molar-refractivity contribution in [3.8, 4) is 5.75 Å². The minimum absolute atomic E-state index is 0.199. The predicted octanol–water partition coefficient (Wildman–Crippen LogP) is 7.96. The molecule has 0 saturated carbocycles. The van der Waals surface area contributed by atoms with Crippen LogP contribution in [0.3, 0.4) is 0 Å². The fraction of sp³-hybridized carbons (Fsp3) is 0.550. The maximum atomic E-state index is 12.5. The number of unbranched alkanes of at least 4 members (excludes halogenated alkanes) is 2. The third kappa shape index (κ3) is 7.44. The quantitative estimate of drug-likeness (QED) is 0.160. The van der Waals surface area contributed by atoms with Crippen molar-refractivity contribution in [2.45, 2.75) is 82.4 Å². The van der Waals surface area contributed by atoms with E-state index in [1.165, 1.54) is 49.3 Å². The van der Waals surface area contributed by atoms with Crippen LogP contribution in [0, 0.1) is 5.41 Å². The molecule has 3 N–H and O–H groups in total. The van der Waals surface area contributed by atoms with Crippen LogP contribution >= 0.6 is 10.6 Å². The molecule has 4 aliphatic rings. The van der Waals surface area contributed by atoms with Gasteiger partial charge in [-0.25, -0.2) is 0 Å². The molecule has 48 heavy (non-hydrogen) atoms. The number of piperazine rings is 3. The van der Waals surface area contributed by atoms with Crippen LogP contribution in [0.4, 0.5) is 5.69 Å². The second-order valence-corrected chi connectivity index (χ2v) is 17.2. The Balaban J connectivity index is 1.23. The highest BCUT2D eigenvalue weighted by Gasteiger charge is 2.49. The molecule has 3 aromatic rings. The van der Waals surface area contributed by atoms with Crippen LogP contribution in [0.15, 0.2) is 71.6 Å². The average Bonchev–Trinajstić information content (AvgIpc) is 3.17. The monoisotopic (exact) mass is 676 g/mol. The number of hydrogen-bond donors (Lipinski definition) is 3. The van der Waals surface area contributed by atoms with E-state index in [1.807, 2.05) is 43.3 Å². The van der Waals surface area contributed by atoms with Gasteiger partial charge in [0.25, 0.3) is 0 Å². The largest absolute Gasteiger partial charge is 0.489 e. The number of nitrogens with zero attached hydrogens (tertiary/aromatic N) is 3. The lowest BCUT2D eigenvalue weighted by Crippen LogP contribution is -2.66. The molecule has 0 aliphatic carbocycles. The Kier molecular flexibility index (Phi) is 10.8. The van der Waals surface area contributed by atoms with Gasteiger partial charge in [0.15, 0.2) is 0 Å². The van der Waals surface area contributed by atoms with E-state index >= 15 is 0 Å². The van der Waals surface area contributed by atoms with E-state index in [0.717, 1.165) is 73.2 Å². The van der Waals surface area contributed by atoms with Crippen molar-refractivity contribution in [1.29, 1.82) is 0 Å². The first-order valence-corrected chi connectivity index (χ1v) is 19.9. The molecule has 2 bridgehead atoms. The van der Waals surface area contributed by atoms with Crippen LogP contribution < -0.4 is 9.64 Å². The zero-order valence-electron chi connectivity index (χ0n) is 29.6. The Hall–Kier alpha value is -2.59. The average molecular weight is 677 g/mol. The summed E-state index contributed by atoms with van der Waals surface area (Å²) in [6.07, 6.45) is 4.65. The minimum Gasteiger partial charge on any atom is -0.489 e. The molecule has 262 valence electrons. The van der Waals surface area contributed by atoms with Gasteiger partial charge >= 0.3 is 0 Å². The number of benzene rings is 3. The predicted molar refractivity (Wildman–Crippen MR) is 198 cm³/mol. The lowest BCUT2D eigenvalue weighted by molar-refractivity contribution is -0.953. The molecule has 7 nitrogen and oxygen atoms in total. The van der Waals surface area contributed by atoms with Crippen molar-refractivity contribution in [3.63, 3.8) is 0 Å². The molecule has 3 aromatic carbocycles. The van der Waals surface area contributed by atoms with E-state index in [0.29, 0.717) is 11.5 Å². The summed E-state index contributed by atoms with van der Waals surface area (Å²) < 4.78 is 31.1. The lowest BCUT2D eigenvalue weighted by atomic mass is 9.68. The molecular weight excluding hydrogens is 619 g/mol. The fourth-order valence-corrected chi connectivity index (χ4v) is 10.7. The van der Waals surface area contributed by atoms with Crippen LogP contribution in [-0.4, -0.2) is 88.8 Å². The van der Waals surface area contributed by atoms with Crippen molar-refractivity contribution in [2.75, 3.05) is 64.0 Å². The maximum absolute atomic E-state index is 12.5. The first-order valence-electron chi connectivity index (χ1n) is 18.2. The summed E-state index contributed by atoms with van der Waals surface area (Å²) in [5.74, 6) is 0.591. The molecule has 2 atom stereocenters. The Bertz CT molecular complexity index is 1480. The Labute approximate surface area is 290 Å². The molecule has 4 heterocycles. The number of anilines is 1. The third-order valence-corrected chi connectivity index (χ3v) is 13.6. The van der Waals surface area contributed by atoms with Gasteiger partial charge in [-0.05, 0) is 59.9 Å². The van der Waals surface area contributed by atoms with Gasteiger partial charge in [0.1, 0.15) is 18.9 Å². The molecule has 3 fully saturated rings. The molecular formula is C40H58N3O4S+. The second-order valence-electron chi connectivity index (χ2n) is 15.1. The van der Waals surface area contributed by atoms with Gasteiger partial charge in [-0.1, -0.05) is 75.9 Å². The summed E-state index contributed by atoms with van der Waals surface area (Å²) in [5, 5.41) is 12.5. The van der Waals surface area contributed by atoms with E-state index in [-0.39, 0.29) is 5.75 Å². The molecule has 0 spiro atoms. The minimum atomic E-state index is -3.13. The van der Waals surface area contributed by atoms with Crippen molar-refractivity contribution >= 4 is 16.3 Å². The molecule has 4 aliphatic heterocycles. The van der Waals surface area contributed by atoms with E-state index in [2.05, 4.69) is 61.2 Å². The Morgan fingerprint density at radius 3 is 2.04 bits per heavy atom. The van der Waals surface area contributed by atoms with E-state index in [4.69, 9.17) is 4.74 Å². The van der Waals surface area contributed by atoms with Crippen molar-refractivity contribution in [3.05, 3.63) is 89.0 Å². The summed E-state index contributed by atoms with van der Waals surface area (Å²) in [5.41, 5.74) is 4.72. The zero-order chi connectivity index (χ0) is 33.9. The zero-order valence-corrected chi connectivity index (χ0v) is 30.4. The van der Waals surface area contributed by atoms with Gasteiger partial charge in [-0.3, -0.25) is 14.0 Å². The van der Waals surface area contributed by atoms with Gasteiger partial charge in [0.2, 0.25) is 0 Å². The standard InChI is InChI=1S/C40H57N3O4S/c1-5-7-19-40(20-8-6-2)30-48(45,46)37-18-15-34(41(3)4)27-36(37)38(39(40)44)33-13-16-35(17-14-33)47-29-32-11-9-31(10-12-32)28-43-24-21-42(22-25-43)23-26-43/h9-18,27,38-39,44H,5-8,19-26,28-30H2,1-4H3,(H-,45,46)/p+1/t38-,39-/m0/s1. The highest BCUT2D eigenvalue weighted by atomic mass is 32.3. The topological polar surface area (TPSA) is 76.4 Å². The van der Waals surface area contributed by atoms with Crippen molar-refractivity contribution < 1.29 is 23.4 Å².